The van der Waals surface area contributed by atoms with E-state index in [9.17, 15) is 14.7 Å². The minimum Gasteiger partial charge on any atom is -0.394 e. The number of pyridine rings is 1. The minimum absolute atomic E-state index is 0.0406. The Balaban J connectivity index is 1.38. The summed E-state index contributed by atoms with van der Waals surface area (Å²) < 4.78 is 5.81. The normalized spacial score (nSPS) is 21.7. The minimum atomic E-state index is -0.497. The van der Waals surface area contributed by atoms with Gasteiger partial charge in [0.2, 0.25) is 11.8 Å². The van der Waals surface area contributed by atoms with E-state index in [4.69, 9.17) is 4.74 Å². The Morgan fingerprint density at radius 1 is 1.19 bits per heavy atom. The van der Waals surface area contributed by atoms with Crippen LogP contribution in [0.1, 0.15) is 55.8 Å². The van der Waals surface area contributed by atoms with Crippen LogP contribution >= 0.6 is 0 Å². The fraction of sp³-hybridized carbons (Fsp3) is 0.480. The maximum Gasteiger partial charge on any atom is 0.249 e. The Morgan fingerprint density at radius 3 is 2.66 bits per heavy atom. The van der Waals surface area contributed by atoms with Gasteiger partial charge >= 0.3 is 0 Å². The lowest BCUT2D eigenvalue weighted by Gasteiger charge is -2.40. The highest BCUT2D eigenvalue weighted by atomic mass is 16.5. The van der Waals surface area contributed by atoms with Crippen LogP contribution in [0.5, 0.6) is 0 Å². The molecule has 1 aliphatic carbocycles. The second kappa shape index (κ2) is 10.7. The Labute approximate surface area is 188 Å². The first-order chi connectivity index (χ1) is 15.6. The lowest BCUT2D eigenvalue weighted by Crippen LogP contribution is -2.52. The van der Waals surface area contributed by atoms with Crippen molar-refractivity contribution in [2.45, 2.75) is 57.2 Å². The quantitative estimate of drug-likeness (QED) is 0.660. The van der Waals surface area contributed by atoms with Crippen molar-refractivity contribution in [1.29, 1.82) is 0 Å². The third-order valence-electron chi connectivity index (χ3n) is 6.50. The molecule has 1 aliphatic heterocycles. The first kappa shape index (κ1) is 22.4. The number of aliphatic hydroxyl groups excluding tert-OH is 1. The summed E-state index contributed by atoms with van der Waals surface area (Å²) in [5, 5.41) is 13.0. The zero-order valence-electron chi connectivity index (χ0n) is 18.3. The summed E-state index contributed by atoms with van der Waals surface area (Å²) in [6.45, 7) is 0.115. The molecule has 0 bridgehead atoms. The predicted octanol–water partition coefficient (Wildman–Crippen LogP) is 3.45. The van der Waals surface area contributed by atoms with E-state index in [-0.39, 0.29) is 25.0 Å². The summed E-state index contributed by atoms with van der Waals surface area (Å²) in [6.07, 6.45) is 9.54. The number of aliphatic hydroxyl groups is 1. The van der Waals surface area contributed by atoms with Crippen molar-refractivity contribution in [3.05, 3.63) is 59.9 Å². The van der Waals surface area contributed by atoms with Crippen LogP contribution in [-0.4, -0.2) is 46.1 Å². The average Bonchev–Trinajstić information content (AvgIpc) is 3.34. The molecule has 2 unspecified atom stereocenters. The number of nitrogens with zero attached hydrogens (tertiary/aromatic N) is 2. The van der Waals surface area contributed by atoms with Crippen molar-refractivity contribution >= 4 is 17.5 Å². The standard InChI is InChI=1S/C25H31N3O4/c29-16-22-25(32-17-24(31)28(22)15-19-6-3-13-26-14-19)20-8-10-21(11-9-20)27-23(30)12-7-18-4-1-2-5-18/h3,6,8-11,13-14,18,22,25,29H,1-2,4-5,7,12,15-17H2,(H,27,30). The smallest absolute Gasteiger partial charge is 0.249 e. The fourth-order valence-corrected chi connectivity index (χ4v) is 4.72. The summed E-state index contributed by atoms with van der Waals surface area (Å²) in [7, 11) is 0. The van der Waals surface area contributed by atoms with Gasteiger partial charge in [0.05, 0.1) is 12.6 Å². The molecule has 2 atom stereocenters. The summed E-state index contributed by atoms with van der Waals surface area (Å²) in [5.41, 5.74) is 2.50. The van der Waals surface area contributed by atoms with Crippen LogP contribution in [0.4, 0.5) is 5.69 Å². The molecule has 2 heterocycles. The second-order valence-corrected chi connectivity index (χ2v) is 8.72. The number of morpholine rings is 1. The molecule has 2 aliphatic rings. The third-order valence-corrected chi connectivity index (χ3v) is 6.50. The van der Waals surface area contributed by atoms with Gasteiger partial charge in [0.25, 0.3) is 0 Å². The van der Waals surface area contributed by atoms with E-state index in [1.54, 1.807) is 17.3 Å². The summed E-state index contributed by atoms with van der Waals surface area (Å²) in [6, 6.07) is 10.7. The summed E-state index contributed by atoms with van der Waals surface area (Å²) in [5.74, 6) is 0.578. The Hall–Kier alpha value is -2.77. The highest BCUT2D eigenvalue weighted by Crippen LogP contribution is 2.31. The molecule has 32 heavy (non-hydrogen) atoms. The number of hydrogen-bond acceptors (Lipinski definition) is 5. The average molecular weight is 438 g/mol. The van der Waals surface area contributed by atoms with Gasteiger partial charge in [-0.2, -0.15) is 0 Å². The second-order valence-electron chi connectivity index (χ2n) is 8.72. The molecule has 2 fully saturated rings. The van der Waals surface area contributed by atoms with Crippen LogP contribution in [0.2, 0.25) is 0 Å². The van der Waals surface area contributed by atoms with Gasteiger partial charge in [-0.25, -0.2) is 0 Å². The van der Waals surface area contributed by atoms with Crippen molar-refractivity contribution in [3.63, 3.8) is 0 Å². The molecule has 1 aromatic carbocycles. The predicted molar refractivity (Wildman–Crippen MR) is 121 cm³/mol. The number of aromatic nitrogens is 1. The van der Waals surface area contributed by atoms with Gasteiger partial charge in [0, 0.05) is 31.0 Å². The molecule has 7 nitrogen and oxygen atoms in total. The molecule has 0 spiro atoms. The number of hydrogen-bond donors (Lipinski definition) is 2. The number of nitrogens with one attached hydrogen (secondary N) is 1. The summed E-state index contributed by atoms with van der Waals surface area (Å²) in [4.78, 5) is 30.6. The fourth-order valence-electron chi connectivity index (χ4n) is 4.72. The zero-order valence-corrected chi connectivity index (χ0v) is 18.3. The highest BCUT2D eigenvalue weighted by molar-refractivity contribution is 5.90. The molecule has 1 saturated heterocycles. The molecule has 2 N–H and O–H groups in total. The van der Waals surface area contributed by atoms with E-state index in [1.165, 1.54) is 25.7 Å². The highest BCUT2D eigenvalue weighted by Gasteiger charge is 2.37. The van der Waals surface area contributed by atoms with E-state index in [2.05, 4.69) is 10.3 Å². The molecule has 1 saturated carbocycles. The molecule has 0 radical (unpaired) electrons. The van der Waals surface area contributed by atoms with E-state index in [0.29, 0.717) is 18.9 Å². The Morgan fingerprint density at radius 2 is 1.97 bits per heavy atom. The molecule has 170 valence electrons. The van der Waals surface area contributed by atoms with Gasteiger partial charge in [0.1, 0.15) is 12.7 Å². The molecule has 4 rings (SSSR count). The maximum atomic E-state index is 12.5. The monoisotopic (exact) mass is 437 g/mol. The Bertz CT molecular complexity index is 897. The number of rotatable bonds is 8. The molecule has 2 amide bonds. The van der Waals surface area contributed by atoms with E-state index >= 15 is 0 Å². The molecule has 7 heteroatoms. The van der Waals surface area contributed by atoms with Gasteiger partial charge in [-0.05, 0) is 41.7 Å². The number of anilines is 1. The SMILES string of the molecule is O=C(CCC1CCCC1)Nc1ccc(C2OCC(=O)N(Cc3cccnc3)C2CO)cc1. The number of amides is 2. The molecule has 2 aromatic rings. The van der Waals surface area contributed by atoms with Crippen LogP contribution in [0.3, 0.4) is 0 Å². The summed E-state index contributed by atoms with van der Waals surface area (Å²) >= 11 is 0. The number of benzene rings is 1. The van der Waals surface area contributed by atoms with Crippen molar-refractivity contribution in [2.75, 3.05) is 18.5 Å². The van der Waals surface area contributed by atoms with Crippen LogP contribution in [0, 0.1) is 5.92 Å². The number of ether oxygens (including phenoxy) is 1. The van der Waals surface area contributed by atoms with Gasteiger partial charge in [-0.15, -0.1) is 0 Å². The lowest BCUT2D eigenvalue weighted by molar-refractivity contribution is -0.162. The van der Waals surface area contributed by atoms with E-state index in [0.717, 1.165) is 23.2 Å². The van der Waals surface area contributed by atoms with Gasteiger partial charge in [-0.3, -0.25) is 14.6 Å². The van der Waals surface area contributed by atoms with Crippen molar-refractivity contribution in [2.24, 2.45) is 5.92 Å². The van der Waals surface area contributed by atoms with Crippen LogP contribution in [-0.2, 0) is 20.9 Å². The van der Waals surface area contributed by atoms with Crippen molar-refractivity contribution in [1.82, 2.24) is 9.88 Å². The molecule has 1 aromatic heterocycles. The largest absolute Gasteiger partial charge is 0.394 e. The molecular weight excluding hydrogens is 406 g/mol. The zero-order chi connectivity index (χ0) is 22.3. The van der Waals surface area contributed by atoms with Gasteiger partial charge in [0.15, 0.2) is 0 Å². The maximum absolute atomic E-state index is 12.5. The van der Waals surface area contributed by atoms with E-state index < -0.39 is 12.1 Å². The lowest BCUT2D eigenvalue weighted by atomic mass is 9.98. The molecular formula is C25H31N3O4. The van der Waals surface area contributed by atoms with Crippen molar-refractivity contribution < 1.29 is 19.4 Å². The number of carbonyl (C=O) groups is 2. The van der Waals surface area contributed by atoms with Crippen LogP contribution in [0.25, 0.3) is 0 Å². The van der Waals surface area contributed by atoms with Crippen molar-refractivity contribution in [3.8, 4) is 0 Å². The topological polar surface area (TPSA) is 91.8 Å². The van der Waals surface area contributed by atoms with Crippen LogP contribution < -0.4 is 5.32 Å². The van der Waals surface area contributed by atoms with Crippen LogP contribution in [0.15, 0.2) is 48.8 Å². The Kier molecular flexibility index (Phi) is 7.50. The third kappa shape index (κ3) is 5.53. The first-order valence-electron chi connectivity index (χ1n) is 11.4. The first-order valence-corrected chi connectivity index (χ1v) is 11.4. The van der Waals surface area contributed by atoms with Gasteiger partial charge < -0.3 is 20.1 Å². The number of carbonyl (C=O) groups excluding carboxylic acids is 2. The van der Waals surface area contributed by atoms with Gasteiger partial charge in [-0.1, -0.05) is 43.9 Å². The van der Waals surface area contributed by atoms with E-state index in [1.807, 2.05) is 36.4 Å².